The van der Waals surface area contributed by atoms with E-state index >= 15 is 0 Å². The van der Waals surface area contributed by atoms with Crippen LogP contribution < -0.4 is 0 Å². The summed E-state index contributed by atoms with van der Waals surface area (Å²) in [7, 11) is 0. The van der Waals surface area contributed by atoms with Gasteiger partial charge in [0, 0.05) is 0 Å². The molecule has 3 atom stereocenters. The van der Waals surface area contributed by atoms with Crippen LogP contribution in [0.3, 0.4) is 0 Å². The Bertz CT molecular complexity index is 233. The first-order chi connectivity index (χ1) is 6.89. The van der Waals surface area contributed by atoms with Crippen molar-refractivity contribution < 1.29 is 14.6 Å². The van der Waals surface area contributed by atoms with Crippen LogP contribution in [0.1, 0.15) is 40.5 Å². The van der Waals surface area contributed by atoms with Gasteiger partial charge in [-0.1, -0.05) is 13.8 Å². The molecule has 3 nitrogen and oxygen atoms in total. The molecule has 0 heterocycles. The molecule has 0 unspecified atom stereocenters. The third kappa shape index (κ3) is 2.51. The number of esters is 1. The zero-order chi connectivity index (χ0) is 11.6. The fraction of sp³-hybridized carbons (Fsp3) is 0.917. The monoisotopic (exact) mass is 214 g/mol. The van der Waals surface area contributed by atoms with Crippen molar-refractivity contribution in [3.8, 4) is 0 Å². The van der Waals surface area contributed by atoms with E-state index in [-0.39, 0.29) is 23.4 Å². The number of carbonyl (C=O) groups excluding carboxylic acids is 1. The maximum absolute atomic E-state index is 11.6. The van der Waals surface area contributed by atoms with Gasteiger partial charge < -0.3 is 9.84 Å². The number of hydrogen-bond donors (Lipinski definition) is 1. The molecule has 1 fully saturated rings. The minimum absolute atomic E-state index is 0.0150. The van der Waals surface area contributed by atoms with Gasteiger partial charge in [0.2, 0.25) is 0 Å². The lowest BCUT2D eigenvalue weighted by Crippen LogP contribution is -2.50. The minimum atomic E-state index is -0.280. The normalized spacial score (nSPS) is 30.5. The molecule has 1 aliphatic carbocycles. The van der Waals surface area contributed by atoms with Gasteiger partial charge in [0.25, 0.3) is 0 Å². The summed E-state index contributed by atoms with van der Waals surface area (Å²) in [5.41, 5.74) is -0.0246. The van der Waals surface area contributed by atoms with Gasteiger partial charge in [-0.05, 0) is 38.0 Å². The summed E-state index contributed by atoms with van der Waals surface area (Å²) in [5, 5.41) is 9.33. The summed E-state index contributed by atoms with van der Waals surface area (Å²) in [6.07, 6.45) is 1.36. The number of hydrogen-bond acceptors (Lipinski definition) is 3. The van der Waals surface area contributed by atoms with E-state index in [2.05, 4.69) is 13.8 Å². The Balaban J connectivity index is 2.51. The van der Waals surface area contributed by atoms with Crippen molar-refractivity contribution >= 4 is 5.97 Å². The molecule has 1 N–H and O–H groups in total. The molecule has 0 aromatic rings. The number of carbonyl (C=O) groups is 1. The van der Waals surface area contributed by atoms with Crippen molar-refractivity contribution in [3.63, 3.8) is 0 Å². The van der Waals surface area contributed by atoms with Crippen LogP contribution in [0.5, 0.6) is 0 Å². The van der Waals surface area contributed by atoms with E-state index in [9.17, 15) is 9.90 Å². The molecule has 3 heteroatoms. The Labute approximate surface area is 91.8 Å². The Hall–Kier alpha value is -0.570. The second-order valence-corrected chi connectivity index (χ2v) is 5.14. The highest BCUT2D eigenvalue weighted by Gasteiger charge is 2.52. The number of ether oxygens (including phenoxy) is 1. The molecule has 0 bridgehead atoms. The molecule has 1 saturated carbocycles. The molecule has 0 amide bonds. The molecule has 0 aromatic carbocycles. The van der Waals surface area contributed by atoms with Gasteiger partial charge in [-0.2, -0.15) is 0 Å². The molecular formula is C12H22O3. The van der Waals surface area contributed by atoms with Crippen LogP contribution in [-0.2, 0) is 9.53 Å². The van der Waals surface area contributed by atoms with Gasteiger partial charge in [0.1, 0.15) is 0 Å². The topological polar surface area (TPSA) is 46.5 Å². The van der Waals surface area contributed by atoms with Gasteiger partial charge in [-0.25, -0.2) is 0 Å². The number of rotatable bonds is 4. The molecule has 0 radical (unpaired) electrons. The van der Waals surface area contributed by atoms with Gasteiger partial charge in [0.05, 0.1) is 18.6 Å². The summed E-state index contributed by atoms with van der Waals surface area (Å²) in [6, 6.07) is 0. The molecule has 0 aromatic heterocycles. The van der Waals surface area contributed by atoms with Crippen molar-refractivity contribution in [2.24, 2.45) is 17.3 Å². The van der Waals surface area contributed by atoms with Gasteiger partial charge in [-0.3, -0.25) is 4.79 Å². The molecule has 15 heavy (non-hydrogen) atoms. The lowest BCUT2D eigenvalue weighted by molar-refractivity contribution is -0.166. The Morgan fingerprint density at radius 1 is 1.60 bits per heavy atom. The second-order valence-electron chi connectivity index (χ2n) is 5.14. The van der Waals surface area contributed by atoms with E-state index < -0.39 is 0 Å². The third-order valence-corrected chi connectivity index (χ3v) is 3.67. The predicted molar refractivity (Wildman–Crippen MR) is 58.3 cm³/mol. The van der Waals surface area contributed by atoms with Crippen LogP contribution >= 0.6 is 0 Å². The average Bonchev–Trinajstić information content (AvgIpc) is 2.11. The zero-order valence-electron chi connectivity index (χ0n) is 10.1. The lowest BCUT2D eigenvalue weighted by Gasteiger charge is -2.51. The average molecular weight is 214 g/mol. The van der Waals surface area contributed by atoms with Crippen molar-refractivity contribution in [3.05, 3.63) is 0 Å². The molecule has 1 rings (SSSR count). The maximum Gasteiger partial charge on any atom is 0.309 e. The highest BCUT2D eigenvalue weighted by molar-refractivity contribution is 5.74. The zero-order valence-corrected chi connectivity index (χ0v) is 10.1. The van der Waals surface area contributed by atoms with E-state index in [0.717, 1.165) is 12.8 Å². The Morgan fingerprint density at radius 2 is 2.20 bits per heavy atom. The standard InChI is InChI=1S/C12H22O3/c1-5-15-11(14)10-7-9(6-8(2)13)12(10,3)4/h8-10,13H,5-7H2,1-4H3/t8-,9+,10+/m1/s1. The third-order valence-electron chi connectivity index (χ3n) is 3.67. The molecule has 1 aliphatic rings. The van der Waals surface area contributed by atoms with Crippen LogP contribution in [-0.4, -0.2) is 23.8 Å². The number of aliphatic hydroxyl groups is 1. The van der Waals surface area contributed by atoms with E-state index in [1.165, 1.54) is 0 Å². The fourth-order valence-corrected chi connectivity index (χ4v) is 2.47. The summed E-state index contributed by atoms with van der Waals surface area (Å²) >= 11 is 0. The largest absolute Gasteiger partial charge is 0.466 e. The number of aliphatic hydroxyl groups excluding tert-OH is 1. The van der Waals surface area contributed by atoms with E-state index in [1.54, 1.807) is 6.92 Å². The van der Waals surface area contributed by atoms with Crippen LogP contribution in [0, 0.1) is 17.3 Å². The first-order valence-electron chi connectivity index (χ1n) is 5.74. The molecule has 0 aliphatic heterocycles. The van der Waals surface area contributed by atoms with E-state index in [4.69, 9.17) is 4.74 Å². The van der Waals surface area contributed by atoms with Crippen molar-refractivity contribution in [1.82, 2.24) is 0 Å². The van der Waals surface area contributed by atoms with Crippen molar-refractivity contribution in [2.75, 3.05) is 6.61 Å². The fourth-order valence-electron chi connectivity index (χ4n) is 2.47. The second kappa shape index (κ2) is 4.52. The Kier molecular flexibility index (Phi) is 3.77. The van der Waals surface area contributed by atoms with E-state index in [1.807, 2.05) is 6.92 Å². The molecular weight excluding hydrogens is 192 g/mol. The van der Waals surface area contributed by atoms with Gasteiger partial charge in [0.15, 0.2) is 0 Å². The minimum Gasteiger partial charge on any atom is -0.466 e. The molecule has 0 saturated heterocycles. The van der Waals surface area contributed by atoms with Crippen LogP contribution in [0.4, 0.5) is 0 Å². The van der Waals surface area contributed by atoms with E-state index in [0.29, 0.717) is 12.5 Å². The SMILES string of the molecule is CCOC(=O)[C@@H]1C[C@H](C[C@@H](C)O)C1(C)C. The van der Waals surface area contributed by atoms with Gasteiger partial charge >= 0.3 is 5.97 Å². The van der Waals surface area contributed by atoms with Crippen molar-refractivity contribution in [2.45, 2.75) is 46.6 Å². The highest BCUT2D eigenvalue weighted by Crippen LogP contribution is 2.53. The molecule has 0 spiro atoms. The maximum atomic E-state index is 11.6. The summed E-state index contributed by atoms with van der Waals surface area (Å²) < 4.78 is 5.03. The van der Waals surface area contributed by atoms with Gasteiger partial charge in [-0.15, -0.1) is 0 Å². The molecule has 88 valence electrons. The lowest BCUT2D eigenvalue weighted by atomic mass is 9.53. The first-order valence-corrected chi connectivity index (χ1v) is 5.74. The van der Waals surface area contributed by atoms with Crippen LogP contribution in [0.2, 0.25) is 0 Å². The summed E-state index contributed by atoms with van der Waals surface area (Å²) in [4.78, 5) is 11.6. The van der Waals surface area contributed by atoms with Crippen LogP contribution in [0.15, 0.2) is 0 Å². The first kappa shape index (κ1) is 12.5. The van der Waals surface area contributed by atoms with Crippen LogP contribution in [0.25, 0.3) is 0 Å². The highest BCUT2D eigenvalue weighted by atomic mass is 16.5. The van der Waals surface area contributed by atoms with Crippen molar-refractivity contribution in [1.29, 1.82) is 0 Å². The smallest absolute Gasteiger partial charge is 0.309 e. The summed E-state index contributed by atoms with van der Waals surface area (Å²) in [6.45, 7) is 8.26. The predicted octanol–water partition coefficient (Wildman–Crippen LogP) is 1.98. The summed E-state index contributed by atoms with van der Waals surface area (Å²) in [5.74, 6) is 0.373. The quantitative estimate of drug-likeness (QED) is 0.728. The Morgan fingerprint density at radius 3 is 2.60 bits per heavy atom.